The third-order valence-electron chi connectivity index (χ3n) is 3.70. The molecule has 0 radical (unpaired) electrons. The number of amides is 1. The third-order valence-corrected chi connectivity index (χ3v) is 4.65. The van der Waals surface area contributed by atoms with Gasteiger partial charge in [0.2, 0.25) is 0 Å². The number of rotatable bonds is 4. The van der Waals surface area contributed by atoms with Gasteiger partial charge in [0, 0.05) is 16.9 Å². The predicted octanol–water partition coefficient (Wildman–Crippen LogP) is 4.05. The minimum Gasteiger partial charge on any atom is -0.493 e. The van der Waals surface area contributed by atoms with Gasteiger partial charge in [-0.2, -0.15) is 0 Å². The van der Waals surface area contributed by atoms with Crippen molar-refractivity contribution in [2.24, 2.45) is 0 Å². The molecular weight excluding hydrogens is 294 g/mol. The van der Waals surface area contributed by atoms with Gasteiger partial charge in [0.05, 0.1) is 18.2 Å². The first-order valence-electron chi connectivity index (χ1n) is 7.54. The fourth-order valence-corrected chi connectivity index (χ4v) is 3.47. The average molecular weight is 313 g/mol. The molecule has 1 unspecified atom stereocenters. The van der Waals surface area contributed by atoms with Gasteiger partial charge < -0.3 is 10.1 Å². The van der Waals surface area contributed by atoms with E-state index in [9.17, 15) is 4.79 Å². The molecule has 22 heavy (non-hydrogen) atoms. The molecule has 2 aromatic rings. The summed E-state index contributed by atoms with van der Waals surface area (Å²) in [5.74, 6) is 1.80. The molecule has 0 spiro atoms. The van der Waals surface area contributed by atoms with Gasteiger partial charge in [0.25, 0.3) is 5.91 Å². The van der Waals surface area contributed by atoms with Crippen molar-refractivity contribution in [3.63, 3.8) is 0 Å². The van der Waals surface area contributed by atoms with Crippen LogP contribution in [0, 0.1) is 0 Å². The van der Waals surface area contributed by atoms with Crippen LogP contribution in [0.5, 0.6) is 5.75 Å². The summed E-state index contributed by atoms with van der Waals surface area (Å²) in [4.78, 5) is 13.7. The van der Waals surface area contributed by atoms with E-state index < -0.39 is 0 Å². The lowest BCUT2D eigenvalue weighted by Crippen LogP contribution is -2.32. The lowest BCUT2D eigenvalue weighted by molar-refractivity contribution is 0.0922. The molecule has 0 aromatic heterocycles. The predicted molar refractivity (Wildman–Crippen MR) is 89.6 cm³/mol. The Balaban J connectivity index is 1.81. The molecule has 1 N–H and O–H groups in total. The summed E-state index contributed by atoms with van der Waals surface area (Å²) in [5, 5.41) is 3.16. The Morgan fingerprint density at radius 2 is 2.00 bits per heavy atom. The van der Waals surface area contributed by atoms with E-state index >= 15 is 0 Å². The standard InChI is InChI=1S/C18H19NO2S/c1-2-22-17-10-6-4-8-14(17)18(20)19-15-11-12-21-16-9-5-3-7-13(15)16/h3-10,15H,2,11-12H2,1H3,(H,19,20). The lowest BCUT2D eigenvalue weighted by atomic mass is 10.00. The van der Waals surface area contributed by atoms with Gasteiger partial charge in [-0.25, -0.2) is 0 Å². The summed E-state index contributed by atoms with van der Waals surface area (Å²) in [5.41, 5.74) is 1.81. The van der Waals surface area contributed by atoms with Crippen molar-refractivity contribution in [1.29, 1.82) is 0 Å². The Bertz CT molecular complexity index is 672. The lowest BCUT2D eigenvalue weighted by Gasteiger charge is -2.26. The van der Waals surface area contributed by atoms with Gasteiger partial charge in [0.15, 0.2) is 0 Å². The van der Waals surface area contributed by atoms with Crippen molar-refractivity contribution in [2.45, 2.75) is 24.3 Å². The molecule has 0 aliphatic carbocycles. The molecular formula is C18H19NO2S. The van der Waals surface area contributed by atoms with E-state index in [2.05, 4.69) is 12.2 Å². The van der Waals surface area contributed by atoms with Crippen molar-refractivity contribution in [3.8, 4) is 5.75 Å². The molecule has 114 valence electrons. The first kappa shape index (κ1) is 15.0. The summed E-state index contributed by atoms with van der Waals surface area (Å²) in [6.07, 6.45) is 0.797. The molecule has 1 aliphatic rings. The number of benzene rings is 2. The van der Waals surface area contributed by atoms with Crippen molar-refractivity contribution in [1.82, 2.24) is 5.32 Å². The quantitative estimate of drug-likeness (QED) is 0.865. The van der Waals surface area contributed by atoms with Crippen LogP contribution in [-0.4, -0.2) is 18.3 Å². The number of hydrogen-bond acceptors (Lipinski definition) is 3. The van der Waals surface area contributed by atoms with Crippen LogP contribution in [0.4, 0.5) is 0 Å². The Labute approximate surface area is 135 Å². The van der Waals surface area contributed by atoms with E-state index in [4.69, 9.17) is 4.74 Å². The van der Waals surface area contributed by atoms with Gasteiger partial charge in [-0.1, -0.05) is 37.3 Å². The van der Waals surface area contributed by atoms with Crippen LogP contribution in [0.2, 0.25) is 0 Å². The zero-order valence-electron chi connectivity index (χ0n) is 12.5. The molecule has 1 atom stereocenters. The smallest absolute Gasteiger partial charge is 0.252 e. The van der Waals surface area contributed by atoms with E-state index in [-0.39, 0.29) is 11.9 Å². The summed E-state index contributed by atoms with van der Waals surface area (Å²) in [7, 11) is 0. The Morgan fingerprint density at radius 1 is 1.23 bits per heavy atom. The Hall–Kier alpha value is -1.94. The van der Waals surface area contributed by atoms with Crippen LogP contribution in [0.15, 0.2) is 53.4 Å². The molecule has 0 bridgehead atoms. The first-order valence-corrected chi connectivity index (χ1v) is 8.52. The molecule has 3 rings (SSSR count). The van der Waals surface area contributed by atoms with Gasteiger partial charge in [0.1, 0.15) is 5.75 Å². The molecule has 0 saturated heterocycles. The van der Waals surface area contributed by atoms with E-state index in [0.717, 1.165) is 33.9 Å². The molecule has 2 aromatic carbocycles. The summed E-state index contributed by atoms with van der Waals surface area (Å²) >= 11 is 1.69. The number of hydrogen-bond donors (Lipinski definition) is 1. The largest absolute Gasteiger partial charge is 0.493 e. The topological polar surface area (TPSA) is 38.3 Å². The summed E-state index contributed by atoms with van der Waals surface area (Å²) in [6.45, 7) is 2.72. The zero-order chi connectivity index (χ0) is 15.4. The number of thioether (sulfide) groups is 1. The maximum Gasteiger partial charge on any atom is 0.252 e. The maximum absolute atomic E-state index is 12.7. The van der Waals surface area contributed by atoms with Gasteiger partial charge in [-0.05, 0) is 24.0 Å². The highest BCUT2D eigenvalue weighted by Crippen LogP contribution is 2.32. The molecule has 0 fully saturated rings. The SMILES string of the molecule is CCSc1ccccc1C(=O)NC1CCOc2ccccc21. The fourth-order valence-electron chi connectivity index (χ4n) is 2.66. The van der Waals surface area contributed by atoms with Gasteiger partial charge in [-0.3, -0.25) is 4.79 Å². The van der Waals surface area contributed by atoms with E-state index in [1.54, 1.807) is 11.8 Å². The normalized spacial score (nSPS) is 16.5. The number of nitrogens with one attached hydrogen (secondary N) is 1. The molecule has 1 heterocycles. The van der Waals surface area contributed by atoms with Crippen LogP contribution in [0.25, 0.3) is 0 Å². The van der Waals surface area contributed by atoms with Gasteiger partial charge >= 0.3 is 0 Å². The molecule has 3 nitrogen and oxygen atoms in total. The highest BCUT2D eigenvalue weighted by molar-refractivity contribution is 7.99. The molecule has 4 heteroatoms. The minimum absolute atomic E-state index is 0.0112. The van der Waals surface area contributed by atoms with Crippen LogP contribution in [-0.2, 0) is 0 Å². The maximum atomic E-state index is 12.7. The summed E-state index contributed by atoms with van der Waals surface area (Å²) < 4.78 is 5.65. The highest BCUT2D eigenvalue weighted by atomic mass is 32.2. The van der Waals surface area contributed by atoms with Gasteiger partial charge in [-0.15, -0.1) is 11.8 Å². The molecule has 0 saturated carbocycles. The van der Waals surface area contributed by atoms with Crippen molar-refractivity contribution in [2.75, 3.05) is 12.4 Å². The number of ether oxygens (including phenoxy) is 1. The second kappa shape index (κ2) is 6.88. The highest BCUT2D eigenvalue weighted by Gasteiger charge is 2.23. The fraction of sp³-hybridized carbons (Fsp3) is 0.278. The number of carbonyl (C=O) groups excluding carboxylic acids is 1. The number of fused-ring (bicyclic) bond motifs is 1. The van der Waals surface area contributed by atoms with Crippen molar-refractivity contribution >= 4 is 17.7 Å². The molecule has 1 amide bonds. The average Bonchev–Trinajstić information content (AvgIpc) is 2.56. The monoisotopic (exact) mass is 313 g/mol. The van der Waals surface area contributed by atoms with Crippen LogP contribution in [0.3, 0.4) is 0 Å². The first-order chi connectivity index (χ1) is 10.8. The number of carbonyl (C=O) groups is 1. The second-order valence-corrected chi connectivity index (χ2v) is 6.44. The minimum atomic E-state index is -0.0155. The van der Waals surface area contributed by atoms with Crippen molar-refractivity contribution < 1.29 is 9.53 Å². The van der Waals surface area contributed by atoms with Crippen LogP contribution >= 0.6 is 11.8 Å². The zero-order valence-corrected chi connectivity index (χ0v) is 13.4. The Morgan fingerprint density at radius 3 is 2.86 bits per heavy atom. The summed E-state index contributed by atoms with van der Waals surface area (Å²) in [6, 6.07) is 15.7. The Kier molecular flexibility index (Phi) is 4.68. The van der Waals surface area contributed by atoms with Crippen LogP contribution in [0.1, 0.15) is 35.3 Å². The molecule has 1 aliphatic heterocycles. The second-order valence-electron chi connectivity index (χ2n) is 5.13. The van der Waals surface area contributed by atoms with E-state index in [0.29, 0.717) is 6.61 Å². The number of para-hydroxylation sites is 1. The van der Waals surface area contributed by atoms with E-state index in [1.807, 2.05) is 48.5 Å². The third kappa shape index (κ3) is 3.12. The van der Waals surface area contributed by atoms with Crippen molar-refractivity contribution in [3.05, 3.63) is 59.7 Å². The van der Waals surface area contributed by atoms with Crippen LogP contribution < -0.4 is 10.1 Å². The van der Waals surface area contributed by atoms with E-state index in [1.165, 1.54) is 0 Å².